The Bertz CT molecular complexity index is 635. The summed E-state index contributed by atoms with van der Waals surface area (Å²) in [5, 5.41) is 14.6. The molecule has 1 amide bonds. The highest BCUT2D eigenvalue weighted by Crippen LogP contribution is 2.21. The molecule has 0 radical (unpaired) electrons. The van der Waals surface area contributed by atoms with E-state index in [-0.39, 0.29) is 17.1 Å². The van der Waals surface area contributed by atoms with Crippen LogP contribution in [0.15, 0.2) is 30.3 Å². The van der Waals surface area contributed by atoms with Gasteiger partial charge in [-0.25, -0.2) is 4.68 Å². The first-order chi connectivity index (χ1) is 9.00. The minimum absolute atomic E-state index is 0.00412. The summed E-state index contributed by atoms with van der Waals surface area (Å²) in [4.78, 5) is 21.3. The predicted octanol–water partition coefficient (Wildman–Crippen LogP) is 0.330. The minimum Gasteiger partial charge on any atom is -0.383 e. The van der Waals surface area contributed by atoms with Crippen molar-refractivity contribution in [1.29, 1.82) is 0 Å². The van der Waals surface area contributed by atoms with Crippen LogP contribution >= 0.6 is 0 Å². The fourth-order valence-corrected chi connectivity index (χ4v) is 1.75. The standard InChI is InChI=1S/C11H11N5O3/c12-10-9(11(13)17)8(6-15(18)19)14-16(10)7-4-2-1-3-5-7/h1-5H,6,12H2,(H2,13,17). The van der Waals surface area contributed by atoms with Crippen molar-refractivity contribution in [3.05, 3.63) is 51.7 Å². The average Bonchev–Trinajstić information content (AvgIpc) is 2.66. The van der Waals surface area contributed by atoms with Gasteiger partial charge in [-0.15, -0.1) is 0 Å². The number of hydrogen-bond acceptors (Lipinski definition) is 5. The molecule has 0 spiro atoms. The summed E-state index contributed by atoms with van der Waals surface area (Å²) >= 11 is 0. The topological polar surface area (TPSA) is 130 Å². The minimum atomic E-state index is -0.837. The number of carbonyl (C=O) groups excluding carboxylic acids is 1. The molecular weight excluding hydrogens is 250 g/mol. The molecule has 0 fully saturated rings. The highest BCUT2D eigenvalue weighted by atomic mass is 16.6. The van der Waals surface area contributed by atoms with E-state index < -0.39 is 17.4 Å². The first-order valence-corrected chi connectivity index (χ1v) is 5.35. The van der Waals surface area contributed by atoms with Crippen molar-refractivity contribution in [2.24, 2.45) is 5.73 Å². The zero-order chi connectivity index (χ0) is 14.0. The number of primary amides is 1. The number of amides is 1. The number of anilines is 1. The monoisotopic (exact) mass is 261 g/mol. The summed E-state index contributed by atoms with van der Waals surface area (Å²) in [5.74, 6) is -0.841. The van der Waals surface area contributed by atoms with E-state index in [0.29, 0.717) is 5.69 Å². The van der Waals surface area contributed by atoms with Crippen molar-refractivity contribution in [3.63, 3.8) is 0 Å². The molecule has 1 heterocycles. The molecule has 0 atom stereocenters. The number of nitrogen functional groups attached to an aromatic ring is 1. The van der Waals surface area contributed by atoms with Crippen molar-refractivity contribution >= 4 is 11.7 Å². The number of aromatic nitrogens is 2. The number of hydrogen-bond donors (Lipinski definition) is 2. The van der Waals surface area contributed by atoms with Gasteiger partial charge in [0.05, 0.1) is 5.69 Å². The van der Waals surface area contributed by atoms with Gasteiger partial charge >= 0.3 is 0 Å². The van der Waals surface area contributed by atoms with Crippen LogP contribution in [-0.4, -0.2) is 20.6 Å². The predicted molar refractivity (Wildman–Crippen MR) is 67.2 cm³/mol. The molecule has 0 saturated carbocycles. The van der Waals surface area contributed by atoms with Gasteiger partial charge in [0, 0.05) is 4.92 Å². The van der Waals surface area contributed by atoms with Gasteiger partial charge in [0.25, 0.3) is 5.91 Å². The molecule has 19 heavy (non-hydrogen) atoms. The fraction of sp³-hybridized carbons (Fsp3) is 0.0909. The lowest BCUT2D eigenvalue weighted by molar-refractivity contribution is -0.497. The Morgan fingerprint density at radius 2 is 2.00 bits per heavy atom. The van der Waals surface area contributed by atoms with E-state index in [9.17, 15) is 14.9 Å². The zero-order valence-electron chi connectivity index (χ0n) is 9.81. The maximum atomic E-state index is 11.3. The normalized spacial score (nSPS) is 10.3. The SMILES string of the molecule is NC(=O)c1c(C[N+](=O)[O-])nn(-c2ccccc2)c1N. The second kappa shape index (κ2) is 4.77. The molecule has 0 aliphatic rings. The largest absolute Gasteiger partial charge is 0.383 e. The molecule has 0 saturated heterocycles. The van der Waals surface area contributed by atoms with Crippen molar-refractivity contribution < 1.29 is 9.72 Å². The molecule has 1 aromatic carbocycles. The summed E-state index contributed by atoms with van der Waals surface area (Å²) in [7, 11) is 0. The molecule has 2 aromatic rings. The zero-order valence-corrected chi connectivity index (χ0v) is 9.81. The number of benzene rings is 1. The van der Waals surface area contributed by atoms with E-state index in [1.54, 1.807) is 30.3 Å². The third kappa shape index (κ3) is 2.37. The summed E-state index contributed by atoms with van der Waals surface area (Å²) in [5.41, 5.74) is 11.4. The van der Waals surface area contributed by atoms with Gasteiger partial charge in [0.1, 0.15) is 17.1 Å². The van der Waals surface area contributed by atoms with E-state index in [0.717, 1.165) is 0 Å². The summed E-state index contributed by atoms with van der Waals surface area (Å²) in [6.45, 7) is -0.609. The Balaban J connectivity index is 2.58. The Labute approximate surface area is 107 Å². The van der Waals surface area contributed by atoms with Crippen molar-refractivity contribution in [3.8, 4) is 5.69 Å². The van der Waals surface area contributed by atoms with Crippen molar-refractivity contribution in [2.45, 2.75) is 6.54 Å². The molecule has 0 aliphatic carbocycles. The number of nitro groups is 1. The third-order valence-electron chi connectivity index (χ3n) is 2.52. The lowest BCUT2D eigenvalue weighted by Crippen LogP contribution is -2.16. The Hall–Kier alpha value is -2.90. The summed E-state index contributed by atoms with van der Waals surface area (Å²) in [6, 6.07) is 8.74. The van der Waals surface area contributed by atoms with E-state index in [1.807, 2.05) is 0 Å². The second-order valence-corrected chi connectivity index (χ2v) is 3.81. The lowest BCUT2D eigenvalue weighted by Gasteiger charge is -2.03. The number of nitrogens with two attached hydrogens (primary N) is 2. The van der Waals surface area contributed by atoms with Crippen LogP contribution in [0.3, 0.4) is 0 Å². The van der Waals surface area contributed by atoms with Gasteiger partial charge in [-0.2, -0.15) is 5.10 Å². The highest BCUT2D eigenvalue weighted by molar-refractivity contribution is 5.98. The molecule has 98 valence electrons. The molecule has 2 rings (SSSR count). The first kappa shape index (κ1) is 12.6. The maximum absolute atomic E-state index is 11.3. The molecular formula is C11H11N5O3. The molecule has 0 aliphatic heterocycles. The van der Waals surface area contributed by atoms with E-state index in [2.05, 4.69) is 5.10 Å². The van der Waals surface area contributed by atoms with E-state index >= 15 is 0 Å². The molecule has 8 nitrogen and oxygen atoms in total. The lowest BCUT2D eigenvalue weighted by atomic mass is 10.2. The molecule has 4 N–H and O–H groups in total. The summed E-state index contributed by atoms with van der Waals surface area (Å²) in [6.07, 6.45) is 0. The fourth-order valence-electron chi connectivity index (χ4n) is 1.75. The van der Waals surface area contributed by atoms with Gasteiger partial charge in [0.2, 0.25) is 6.54 Å². The number of carbonyl (C=O) groups is 1. The van der Waals surface area contributed by atoms with Crippen LogP contribution in [0.4, 0.5) is 5.82 Å². The van der Waals surface area contributed by atoms with Crippen LogP contribution in [0.1, 0.15) is 16.1 Å². The van der Waals surface area contributed by atoms with Gasteiger partial charge in [-0.1, -0.05) is 18.2 Å². The number of rotatable bonds is 4. The Morgan fingerprint density at radius 3 is 2.53 bits per heavy atom. The van der Waals surface area contributed by atoms with Gasteiger partial charge in [-0.05, 0) is 12.1 Å². The molecule has 0 bridgehead atoms. The molecule has 8 heteroatoms. The van der Waals surface area contributed by atoms with Gasteiger partial charge in [0.15, 0.2) is 0 Å². The second-order valence-electron chi connectivity index (χ2n) is 3.81. The smallest absolute Gasteiger partial charge is 0.254 e. The summed E-state index contributed by atoms with van der Waals surface area (Å²) < 4.78 is 1.26. The third-order valence-corrected chi connectivity index (χ3v) is 2.52. The van der Waals surface area contributed by atoms with Crippen LogP contribution in [0.5, 0.6) is 0 Å². The van der Waals surface area contributed by atoms with Gasteiger partial charge in [-0.3, -0.25) is 14.9 Å². The van der Waals surface area contributed by atoms with Gasteiger partial charge < -0.3 is 11.5 Å². The van der Waals surface area contributed by atoms with E-state index in [1.165, 1.54) is 4.68 Å². The quantitative estimate of drug-likeness (QED) is 0.605. The van der Waals surface area contributed by atoms with Crippen LogP contribution in [0, 0.1) is 10.1 Å². The van der Waals surface area contributed by atoms with E-state index in [4.69, 9.17) is 11.5 Å². The number of nitrogens with zero attached hydrogens (tertiary/aromatic N) is 3. The van der Waals surface area contributed by atoms with Crippen LogP contribution in [0.2, 0.25) is 0 Å². The number of para-hydroxylation sites is 1. The Kier molecular flexibility index (Phi) is 3.15. The average molecular weight is 261 g/mol. The van der Waals surface area contributed by atoms with Crippen LogP contribution in [-0.2, 0) is 6.54 Å². The molecule has 1 aromatic heterocycles. The first-order valence-electron chi connectivity index (χ1n) is 5.35. The highest BCUT2D eigenvalue weighted by Gasteiger charge is 2.23. The van der Waals surface area contributed by atoms with Crippen molar-refractivity contribution in [1.82, 2.24) is 9.78 Å². The Morgan fingerprint density at radius 1 is 1.37 bits per heavy atom. The van der Waals surface area contributed by atoms with Crippen LogP contribution < -0.4 is 11.5 Å². The van der Waals surface area contributed by atoms with Crippen molar-refractivity contribution in [2.75, 3.05) is 5.73 Å². The molecule has 0 unspecified atom stereocenters. The van der Waals surface area contributed by atoms with Crippen LogP contribution in [0.25, 0.3) is 5.69 Å². The maximum Gasteiger partial charge on any atom is 0.254 e.